The molecule has 0 bridgehead atoms. The molecule has 1 heterocycles. The van der Waals surface area contributed by atoms with Crippen LogP contribution in [0.25, 0.3) is 0 Å². The standard InChI is InChI=1S/C15H13N3O2S/c1-3-11-9-12(10-17-14(11)16)15(19)18-21(2,20)13-7-5-4-6-8-13/h1,4-10H,2H3,(H2,16,17). The molecule has 0 saturated heterocycles. The maximum atomic E-state index is 12.5. The summed E-state index contributed by atoms with van der Waals surface area (Å²) in [5.41, 5.74) is 6.03. The largest absolute Gasteiger partial charge is 0.383 e. The van der Waals surface area contributed by atoms with Crippen LogP contribution in [0.5, 0.6) is 0 Å². The summed E-state index contributed by atoms with van der Waals surface area (Å²) in [5, 5.41) is 0. The predicted molar refractivity (Wildman–Crippen MR) is 82.1 cm³/mol. The van der Waals surface area contributed by atoms with E-state index >= 15 is 0 Å². The third-order valence-corrected chi connectivity index (χ3v) is 4.42. The molecule has 0 aliphatic heterocycles. The summed E-state index contributed by atoms with van der Waals surface area (Å²) < 4.78 is 16.3. The summed E-state index contributed by atoms with van der Waals surface area (Å²) in [6, 6.07) is 10.00. The Bertz CT molecular complexity index is 845. The number of benzene rings is 1. The normalized spacial score (nSPS) is 13.0. The SMILES string of the molecule is C#Cc1cc(C(=O)N=S(C)(=O)c2ccccc2)cnc1N. The second kappa shape index (κ2) is 5.77. The van der Waals surface area contributed by atoms with E-state index in [-0.39, 0.29) is 11.4 Å². The van der Waals surface area contributed by atoms with Gasteiger partial charge in [0.1, 0.15) is 5.82 Å². The number of pyridine rings is 1. The minimum atomic E-state index is -2.82. The molecular weight excluding hydrogens is 286 g/mol. The number of amides is 1. The first-order valence-corrected chi connectivity index (χ1v) is 7.90. The van der Waals surface area contributed by atoms with Gasteiger partial charge in [-0.15, -0.1) is 6.42 Å². The van der Waals surface area contributed by atoms with Gasteiger partial charge in [0.05, 0.1) is 20.9 Å². The third-order valence-electron chi connectivity index (χ3n) is 2.76. The van der Waals surface area contributed by atoms with Gasteiger partial charge in [0.25, 0.3) is 5.91 Å². The average Bonchev–Trinajstić information content (AvgIpc) is 2.48. The summed E-state index contributed by atoms with van der Waals surface area (Å²) in [6.07, 6.45) is 7.95. The van der Waals surface area contributed by atoms with Crippen molar-refractivity contribution in [3.05, 3.63) is 53.7 Å². The quantitative estimate of drug-likeness (QED) is 0.859. The van der Waals surface area contributed by atoms with Crippen LogP contribution >= 0.6 is 0 Å². The fourth-order valence-corrected chi connectivity index (χ4v) is 2.83. The first-order chi connectivity index (χ1) is 9.94. The van der Waals surface area contributed by atoms with Crippen LogP contribution < -0.4 is 5.73 Å². The zero-order chi connectivity index (χ0) is 15.5. The molecule has 106 valence electrons. The highest BCUT2D eigenvalue weighted by molar-refractivity contribution is 7.93. The molecule has 0 saturated carbocycles. The lowest BCUT2D eigenvalue weighted by Gasteiger charge is -2.04. The van der Waals surface area contributed by atoms with Crippen molar-refractivity contribution in [2.24, 2.45) is 4.36 Å². The Labute approximate surface area is 123 Å². The van der Waals surface area contributed by atoms with Gasteiger partial charge in [-0.05, 0) is 18.2 Å². The molecule has 0 aliphatic rings. The van der Waals surface area contributed by atoms with Gasteiger partial charge in [-0.1, -0.05) is 24.1 Å². The Morgan fingerprint density at radius 1 is 1.38 bits per heavy atom. The number of hydrogen-bond acceptors (Lipinski definition) is 4. The Kier molecular flexibility index (Phi) is 4.05. The maximum absolute atomic E-state index is 12.5. The van der Waals surface area contributed by atoms with Crippen molar-refractivity contribution in [2.75, 3.05) is 12.0 Å². The Hall–Kier alpha value is -2.65. The number of aromatic nitrogens is 1. The molecule has 1 amide bonds. The summed E-state index contributed by atoms with van der Waals surface area (Å²) in [5.74, 6) is 1.85. The Morgan fingerprint density at radius 3 is 2.67 bits per heavy atom. The van der Waals surface area contributed by atoms with Crippen LogP contribution in [-0.2, 0) is 9.73 Å². The minimum absolute atomic E-state index is 0.155. The topological polar surface area (TPSA) is 85.4 Å². The fraction of sp³-hybridized carbons (Fsp3) is 0.0667. The molecule has 2 N–H and O–H groups in total. The van der Waals surface area contributed by atoms with Gasteiger partial charge < -0.3 is 5.73 Å². The van der Waals surface area contributed by atoms with Crippen molar-refractivity contribution in [3.63, 3.8) is 0 Å². The van der Waals surface area contributed by atoms with Gasteiger partial charge in [-0.2, -0.15) is 4.36 Å². The molecule has 1 unspecified atom stereocenters. The van der Waals surface area contributed by atoms with Crippen LogP contribution in [0.3, 0.4) is 0 Å². The molecule has 0 spiro atoms. The molecule has 0 aliphatic carbocycles. The molecule has 1 aromatic carbocycles. The van der Waals surface area contributed by atoms with Crippen LogP contribution in [0.2, 0.25) is 0 Å². The van der Waals surface area contributed by atoms with Crippen LogP contribution in [-0.4, -0.2) is 21.4 Å². The number of nitrogen functional groups attached to an aromatic ring is 1. The van der Waals surface area contributed by atoms with Gasteiger partial charge >= 0.3 is 0 Å². The zero-order valence-corrected chi connectivity index (χ0v) is 12.1. The van der Waals surface area contributed by atoms with Crippen LogP contribution in [0.4, 0.5) is 5.82 Å². The lowest BCUT2D eigenvalue weighted by atomic mass is 10.2. The highest BCUT2D eigenvalue weighted by atomic mass is 32.2. The van der Waals surface area contributed by atoms with Gasteiger partial charge in [0.2, 0.25) is 0 Å². The molecule has 0 radical (unpaired) electrons. The number of hydrogen-bond donors (Lipinski definition) is 1. The van der Waals surface area contributed by atoms with Crippen LogP contribution in [0, 0.1) is 12.3 Å². The van der Waals surface area contributed by atoms with E-state index in [9.17, 15) is 9.00 Å². The monoisotopic (exact) mass is 299 g/mol. The number of nitrogens with two attached hydrogens (primary N) is 1. The van der Waals surface area contributed by atoms with E-state index in [1.165, 1.54) is 18.5 Å². The van der Waals surface area contributed by atoms with Crippen molar-refractivity contribution in [3.8, 4) is 12.3 Å². The molecule has 6 heteroatoms. The van der Waals surface area contributed by atoms with Crippen LogP contribution in [0.1, 0.15) is 15.9 Å². The lowest BCUT2D eigenvalue weighted by Crippen LogP contribution is -2.05. The van der Waals surface area contributed by atoms with Crippen molar-refractivity contribution in [2.45, 2.75) is 4.90 Å². The van der Waals surface area contributed by atoms with Crippen molar-refractivity contribution < 1.29 is 9.00 Å². The van der Waals surface area contributed by atoms with Crippen molar-refractivity contribution >= 4 is 21.5 Å². The van der Waals surface area contributed by atoms with Crippen molar-refractivity contribution in [1.29, 1.82) is 0 Å². The summed E-state index contributed by atoms with van der Waals surface area (Å²) >= 11 is 0. The van der Waals surface area contributed by atoms with Gasteiger partial charge in [0, 0.05) is 17.3 Å². The van der Waals surface area contributed by atoms with E-state index in [0.29, 0.717) is 10.5 Å². The number of carbonyl (C=O) groups is 1. The third kappa shape index (κ3) is 3.27. The molecule has 5 nitrogen and oxygen atoms in total. The highest BCUT2D eigenvalue weighted by Crippen LogP contribution is 2.14. The van der Waals surface area contributed by atoms with E-state index in [2.05, 4.69) is 15.3 Å². The smallest absolute Gasteiger partial charge is 0.286 e. The Balaban J connectivity index is 2.44. The Morgan fingerprint density at radius 2 is 2.05 bits per heavy atom. The number of anilines is 1. The first kappa shape index (κ1) is 14.8. The highest BCUT2D eigenvalue weighted by Gasteiger charge is 2.12. The maximum Gasteiger partial charge on any atom is 0.286 e. The number of nitrogens with zero attached hydrogens (tertiary/aromatic N) is 2. The molecule has 0 fully saturated rings. The average molecular weight is 299 g/mol. The fourth-order valence-electron chi connectivity index (χ4n) is 1.64. The lowest BCUT2D eigenvalue weighted by molar-refractivity contribution is 0.100. The van der Waals surface area contributed by atoms with E-state index < -0.39 is 15.6 Å². The van der Waals surface area contributed by atoms with Gasteiger partial charge in [-0.25, -0.2) is 9.19 Å². The molecule has 2 rings (SSSR count). The van der Waals surface area contributed by atoms with E-state index in [1.807, 2.05) is 0 Å². The number of rotatable bonds is 2. The minimum Gasteiger partial charge on any atom is -0.383 e. The number of carbonyl (C=O) groups excluding carboxylic acids is 1. The predicted octanol–water partition coefficient (Wildman–Crippen LogP) is 1.94. The molecule has 21 heavy (non-hydrogen) atoms. The summed E-state index contributed by atoms with van der Waals surface area (Å²) in [6.45, 7) is 0. The second-order valence-corrected chi connectivity index (χ2v) is 6.57. The summed E-state index contributed by atoms with van der Waals surface area (Å²) in [4.78, 5) is 16.4. The summed E-state index contributed by atoms with van der Waals surface area (Å²) in [7, 11) is -2.82. The second-order valence-electron chi connectivity index (χ2n) is 4.31. The van der Waals surface area contributed by atoms with Gasteiger partial charge in [-0.3, -0.25) is 4.79 Å². The van der Waals surface area contributed by atoms with Crippen molar-refractivity contribution in [1.82, 2.24) is 4.98 Å². The first-order valence-electron chi connectivity index (χ1n) is 5.98. The van der Waals surface area contributed by atoms with Crippen LogP contribution in [0.15, 0.2) is 51.9 Å². The molecule has 1 aromatic heterocycles. The molecular formula is C15H13N3O2S. The van der Waals surface area contributed by atoms with E-state index in [4.69, 9.17) is 12.2 Å². The molecule has 1 atom stereocenters. The molecule has 2 aromatic rings. The van der Waals surface area contributed by atoms with E-state index in [0.717, 1.165) is 0 Å². The van der Waals surface area contributed by atoms with E-state index in [1.54, 1.807) is 30.3 Å². The van der Waals surface area contributed by atoms with Gasteiger partial charge in [0.15, 0.2) is 0 Å². The zero-order valence-electron chi connectivity index (χ0n) is 11.3. The number of terminal acetylenes is 1.